The Hall–Kier alpha value is -3.21. The minimum atomic E-state index is -0.599. The summed E-state index contributed by atoms with van der Waals surface area (Å²) in [6, 6.07) is 16.6. The SMILES string of the molecule is Cc1ccc(C(=O)C(=O)NCc2ccccc2Cn2cccn2)cc1. The summed E-state index contributed by atoms with van der Waals surface area (Å²) in [5, 5.41) is 6.91. The first kappa shape index (κ1) is 16.6. The Bertz CT molecular complexity index is 868. The molecular weight excluding hydrogens is 314 g/mol. The van der Waals surface area contributed by atoms with Gasteiger partial charge in [-0.15, -0.1) is 0 Å². The lowest BCUT2D eigenvalue weighted by Gasteiger charge is -2.11. The molecular formula is C20H19N3O2. The van der Waals surface area contributed by atoms with Crippen molar-refractivity contribution in [2.75, 3.05) is 0 Å². The van der Waals surface area contributed by atoms with Gasteiger partial charge in [0, 0.05) is 24.5 Å². The molecule has 0 aliphatic rings. The van der Waals surface area contributed by atoms with E-state index in [-0.39, 0.29) is 0 Å². The number of Topliss-reactive ketones (excluding diaryl/α,β-unsaturated/α-hetero) is 1. The van der Waals surface area contributed by atoms with Gasteiger partial charge in [0.05, 0.1) is 6.54 Å². The van der Waals surface area contributed by atoms with Crippen LogP contribution in [0, 0.1) is 6.92 Å². The van der Waals surface area contributed by atoms with E-state index in [1.54, 1.807) is 18.3 Å². The molecule has 5 heteroatoms. The normalized spacial score (nSPS) is 10.4. The second-order valence-electron chi connectivity index (χ2n) is 5.85. The van der Waals surface area contributed by atoms with Crippen molar-refractivity contribution in [3.8, 4) is 0 Å². The predicted octanol–water partition coefficient (Wildman–Crippen LogP) is 2.74. The Balaban J connectivity index is 1.66. The Morgan fingerprint density at radius 3 is 2.40 bits per heavy atom. The fraction of sp³-hybridized carbons (Fsp3) is 0.150. The number of nitrogens with one attached hydrogen (secondary N) is 1. The van der Waals surface area contributed by atoms with Crippen LogP contribution in [0.4, 0.5) is 0 Å². The largest absolute Gasteiger partial charge is 0.345 e. The second kappa shape index (κ2) is 7.57. The molecule has 3 rings (SSSR count). The van der Waals surface area contributed by atoms with E-state index in [4.69, 9.17) is 0 Å². The second-order valence-corrected chi connectivity index (χ2v) is 5.85. The zero-order valence-electron chi connectivity index (χ0n) is 14.0. The summed E-state index contributed by atoms with van der Waals surface area (Å²) in [6.45, 7) is 2.85. The molecule has 5 nitrogen and oxygen atoms in total. The van der Waals surface area contributed by atoms with Gasteiger partial charge in [-0.05, 0) is 24.1 Å². The van der Waals surface area contributed by atoms with E-state index in [1.807, 2.05) is 60.3 Å². The highest BCUT2D eigenvalue weighted by Gasteiger charge is 2.16. The number of nitrogens with zero attached hydrogens (tertiary/aromatic N) is 2. The van der Waals surface area contributed by atoms with Crippen LogP contribution in [-0.4, -0.2) is 21.5 Å². The molecule has 1 N–H and O–H groups in total. The molecule has 0 aliphatic carbocycles. The molecule has 0 spiro atoms. The molecule has 0 aliphatic heterocycles. The van der Waals surface area contributed by atoms with Crippen molar-refractivity contribution in [1.29, 1.82) is 0 Å². The van der Waals surface area contributed by atoms with Crippen molar-refractivity contribution in [2.24, 2.45) is 0 Å². The van der Waals surface area contributed by atoms with E-state index in [2.05, 4.69) is 10.4 Å². The summed E-state index contributed by atoms with van der Waals surface area (Å²) >= 11 is 0. The van der Waals surface area contributed by atoms with Gasteiger partial charge in [-0.25, -0.2) is 0 Å². The lowest BCUT2D eigenvalue weighted by Crippen LogP contribution is -2.31. The van der Waals surface area contributed by atoms with Crippen LogP contribution < -0.4 is 5.32 Å². The Labute approximate surface area is 146 Å². The number of ketones is 1. The van der Waals surface area contributed by atoms with E-state index < -0.39 is 11.7 Å². The van der Waals surface area contributed by atoms with Crippen molar-refractivity contribution in [3.63, 3.8) is 0 Å². The molecule has 25 heavy (non-hydrogen) atoms. The molecule has 0 unspecified atom stereocenters. The molecule has 0 atom stereocenters. The van der Waals surface area contributed by atoms with Crippen molar-refractivity contribution in [3.05, 3.63) is 89.2 Å². The number of hydrogen-bond acceptors (Lipinski definition) is 3. The number of carbonyl (C=O) groups is 2. The summed E-state index contributed by atoms with van der Waals surface area (Å²) in [5.41, 5.74) is 3.45. The van der Waals surface area contributed by atoms with E-state index in [0.717, 1.165) is 16.7 Å². The van der Waals surface area contributed by atoms with Crippen molar-refractivity contribution in [1.82, 2.24) is 15.1 Å². The van der Waals surface area contributed by atoms with E-state index in [0.29, 0.717) is 18.7 Å². The highest BCUT2D eigenvalue weighted by molar-refractivity contribution is 6.42. The van der Waals surface area contributed by atoms with Crippen LogP contribution in [0.5, 0.6) is 0 Å². The monoisotopic (exact) mass is 333 g/mol. The zero-order chi connectivity index (χ0) is 17.6. The van der Waals surface area contributed by atoms with Crippen molar-refractivity contribution >= 4 is 11.7 Å². The smallest absolute Gasteiger partial charge is 0.292 e. The Morgan fingerprint density at radius 2 is 1.72 bits per heavy atom. The average Bonchev–Trinajstić information content (AvgIpc) is 3.14. The third kappa shape index (κ3) is 4.20. The third-order valence-electron chi connectivity index (χ3n) is 3.97. The lowest BCUT2D eigenvalue weighted by atomic mass is 10.1. The lowest BCUT2D eigenvalue weighted by molar-refractivity contribution is -0.117. The predicted molar refractivity (Wildman–Crippen MR) is 95.1 cm³/mol. The van der Waals surface area contributed by atoms with Crippen LogP contribution >= 0.6 is 0 Å². The first-order valence-corrected chi connectivity index (χ1v) is 8.07. The first-order chi connectivity index (χ1) is 12.1. The van der Waals surface area contributed by atoms with Gasteiger partial charge < -0.3 is 5.32 Å². The number of amides is 1. The van der Waals surface area contributed by atoms with Crippen LogP contribution in [-0.2, 0) is 17.9 Å². The minimum absolute atomic E-state index is 0.299. The quantitative estimate of drug-likeness (QED) is 0.557. The van der Waals surface area contributed by atoms with E-state index in [1.165, 1.54) is 0 Å². The third-order valence-corrected chi connectivity index (χ3v) is 3.97. The average molecular weight is 333 g/mol. The van der Waals surface area contributed by atoms with E-state index >= 15 is 0 Å². The minimum Gasteiger partial charge on any atom is -0.345 e. The topological polar surface area (TPSA) is 64.0 Å². The zero-order valence-corrected chi connectivity index (χ0v) is 14.0. The standard InChI is InChI=1S/C20H19N3O2/c1-15-7-9-16(10-8-15)19(24)20(25)21-13-17-5-2-3-6-18(17)14-23-12-4-11-22-23/h2-12H,13-14H2,1H3,(H,21,25). The molecule has 3 aromatic rings. The molecule has 0 saturated carbocycles. The number of carbonyl (C=O) groups excluding carboxylic acids is 2. The Morgan fingerprint density at radius 1 is 1.00 bits per heavy atom. The van der Waals surface area contributed by atoms with Crippen LogP contribution in [0.1, 0.15) is 27.0 Å². The van der Waals surface area contributed by atoms with Crippen molar-refractivity contribution in [2.45, 2.75) is 20.0 Å². The van der Waals surface area contributed by atoms with Gasteiger partial charge in [-0.2, -0.15) is 5.10 Å². The van der Waals surface area contributed by atoms with Crippen LogP contribution in [0.2, 0.25) is 0 Å². The van der Waals surface area contributed by atoms with Crippen LogP contribution in [0.3, 0.4) is 0 Å². The summed E-state index contributed by atoms with van der Waals surface area (Å²) in [7, 11) is 0. The first-order valence-electron chi connectivity index (χ1n) is 8.07. The molecule has 0 radical (unpaired) electrons. The molecule has 0 bridgehead atoms. The summed E-state index contributed by atoms with van der Waals surface area (Å²) in [5.74, 6) is -1.12. The van der Waals surface area contributed by atoms with Crippen LogP contribution in [0.15, 0.2) is 67.0 Å². The number of rotatable bonds is 6. The molecule has 0 saturated heterocycles. The fourth-order valence-corrected chi connectivity index (χ4v) is 2.54. The summed E-state index contributed by atoms with van der Waals surface area (Å²) in [4.78, 5) is 24.3. The molecule has 126 valence electrons. The Kier molecular flexibility index (Phi) is 5.04. The van der Waals surface area contributed by atoms with Crippen LogP contribution in [0.25, 0.3) is 0 Å². The molecule has 2 aromatic carbocycles. The van der Waals surface area contributed by atoms with Crippen molar-refractivity contribution < 1.29 is 9.59 Å². The van der Waals surface area contributed by atoms with Gasteiger partial charge in [0.2, 0.25) is 5.78 Å². The number of benzene rings is 2. The van der Waals surface area contributed by atoms with Gasteiger partial charge >= 0.3 is 0 Å². The van der Waals surface area contributed by atoms with Gasteiger partial charge in [0.15, 0.2) is 0 Å². The van der Waals surface area contributed by atoms with Gasteiger partial charge in [0.25, 0.3) is 5.91 Å². The number of hydrogen-bond donors (Lipinski definition) is 1. The summed E-state index contributed by atoms with van der Waals surface area (Å²) < 4.78 is 1.82. The highest BCUT2D eigenvalue weighted by atomic mass is 16.2. The summed E-state index contributed by atoms with van der Waals surface area (Å²) in [6.07, 6.45) is 3.61. The maximum Gasteiger partial charge on any atom is 0.292 e. The van der Waals surface area contributed by atoms with Gasteiger partial charge in [0.1, 0.15) is 0 Å². The molecule has 1 heterocycles. The van der Waals surface area contributed by atoms with E-state index in [9.17, 15) is 9.59 Å². The molecule has 1 aromatic heterocycles. The fourth-order valence-electron chi connectivity index (χ4n) is 2.54. The maximum absolute atomic E-state index is 12.2. The highest BCUT2D eigenvalue weighted by Crippen LogP contribution is 2.11. The number of aromatic nitrogens is 2. The molecule has 1 amide bonds. The number of aryl methyl sites for hydroxylation is 1. The van der Waals surface area contributed by atoms with Gasteiger partial charge in [-0.3, -0.25) is 14.3 Å². The maximum atomic E-state index is 12.2. The van der Waals surface area contributed by atoms with Gasteiger partial charge in [-0.1, -0.05) is 54.1 Å². The molecule has 0 fully saturated rings.